The lowest BCUT2D eigenvalue weighted by Gasteiger charge is -2.28. The highest BCUT2D eigenvalue weighted by Crippen LogP contribution is 2.28. The summed E-state index contributed by atoms with van der Waals surface area (Å²) in [6.07, 6.45) is 0. The van der Waals surface area contributed by atoms with E-state index in [0.717, 1.165) is 29.9 Å². The number of aromatic nitrogens is 2. The van der Waals surface area contributed by atoms with Gasteiger partial charge in [0.25, 0.3) is 5.91 Å². The molecule has 0 spiro atoms. The first-order chi connectivity index (χ1) is 17.2. The summed E-state index contributed by atoms with van der Waals surface area (Å²) >= 11 is 0. The van der Waals surface area contributed by atoms with Crippen LogP contribution in [0.3, 0.4) is 0 Å². The topological polar surface area (TPSA) is 68.5 Å². The van der Waals surface area contributed by atoms with Gasteiger partial charge in [-0.15, -0.1) is 0 Å². The van der Waals surface area contributed by atoms with E-state index < -0.39 is 0 Å². The summed E-state index contributed by atoms with van der Waals surface area (Å²) in [7, 11) is 1.62. The number of para-hydroxylation sites is 1. The molecule has 7 heteroatoms. The molecule has 1 fully saturated rings. The molecule has 4 aromatic rings. The van der Waals surface area contributed by atoms with E-state index in [9.17, 15) is 9.59 Å². The molecule has 0 atom stereocenters. The number of nitrogens with one attached hydrogen (secondary N) is 1. The maximum atomic E-state index is 14.0. The Morgan fingerprint density at radius 1 is 0.914 bits per heavy atom. The minimum atomic E-state index is -0.253. The molecule has 1 aliphatic rings. The molecule has 35 heavy (non-hydrogen) atoms. The Morgan fingerprint density at radius 2 is 1.60 bits per heavy atom. The van der Waals surface area contributed by atoms with Crippen LogP contribution in [0, 0.1) is 0 Å². The van der Waals surface area contributed by atoms with Crippen molar-refractivity contribution in [3.05, 3.63) is 107 Å². The van der Waals surface area contributed by atoms with Crippen LogP contribution in [0.1, 0.15) is 16.1 Å². The van der Waals surface area contributed by atoms with Crippen molar-refractivity contribution in [2.45, 2.75) is 6.54 Å². The molecule has 1 aliphatic heterocycles. The van der Waals surface area contributed by atoms with Crippen LogP contribution in [0.5, 0.6) is 5.75 Å². The quantitative estimate of drug-likeness (QED) is 0.471. The van der Waals surface area contributed by atoms with Gasteiger partial charge in [0.15, 0.2) is 0 Å². The molecule has 5 rings (SSSR count). The second kappa shape index (κ2) is 10.0. The monoisotopic (exact) mass is 468 g/mol. The Bertz CT molecular complexity index is 1370. The number of piperazine rings is 1. The third-order valence-electron chi connectivity index (χ3n) is 6.28. The summed E-state index contributed by atoms with van der Waals surface area (Å²) in [4.78, 5) is 29.9. The van der Waals surface area contributed by atoms with Crippen LogP contribution in [0.4, 0.5) is 0 Å². The largest absolute Gasteiger partial charge is 0.497 e. The van der Waals surface area contributed by atoms with Gasteiger partial charge in [-0.25, -0.2) is 4.79 Å². The average Bonchev–Trinajstić information content (AvgIpc) is 3.21. The van der Waals surface area contributed by atoms with Gasteiger partial charge in [-0.05, 0) is 29.8 Å². The number of carbonyl (C=O) groups excluding carboxylic acids is 1. The number of hydrogen-bond donors (Lipinski definition) is 1. The third kappa shape index (κ3) is 4.50. The molecular formula is C28H28N4O3. The van der Waals surface area contributed by atoms with Crippen molar-refractivity contribution in [2.75, 3.05) is 33.3 Å². The van der Waals surface area contributed by atoms with E-state index in [4.69, 9.17) is 4.74 Å². The molecule has 2 heterocycles. The maximum absolute atomic E-state index is 14.0. The molecule has 0 aliphatic carbocycles. The number of carbonyl (C=O) groups is 1. The first-order valence-corrected chi connectivity index (χ1v) is 11.8. The molecule has 1 saturated heterocycles. The van der Waals surface area contributed by atoms with E-state index in [1.165, 1.54) is 0 Å². The highest BCUT2D eigenvalue weighted by molar-refractivity contribution is 5.99. The summed E-state index contributed by atoms with van der Waals surface area (Å²) in [5.41, 5.74) is 3.16. The molecule has 0 bridgehead atoms. The summed E-state index contributed by atoms with van der Waals surface area (Å²) in [5, 5.41) is 3.30. The first kappa shape index (κ1) is 22.7. The van der Waals surface area contributed by atoms with Gasteiger partial charge in [0.1, 0.15) is 11.4 Å². The van der Waals surface area contributed by atoms with Gasteiger partial charge >= 0.3 is 5.69 Å². The lowest BCUT2D eigenvalue weighted by atomic mass is 10.1. The van der Waals surface area contributed by atoms with Crippen LogP contribution in [-0.2, 0) is 6.54 Å². The zero-order chi connectivity index (χ0) is 24.2. The number of hydrogen-bond acceptors (Lipinski definition) is 4. The highest BCUT2D eigenvalue weighted by Gasteiger charge is 2.30. The standard InChI is InChI=1S/C28H28N4O3/c1-35-24-14-8-9-21(19-24)20-31-26(27(33)30-17-15-29-16-18-30)25(22-10-4-2-5-11-22)32(28(31)34)23-12-6-3-7-13-23/h2-14,19,29H,15-18,20H2,1H3. The van der Waals surface area contributed by atoms with Crippen molar-refractivity contribution in [1.29, 1.82) is 0 Å². The van der Waals surface area contributed by atoms with Crippen LogP contribution < -0.4 is 15.7 Å². The summed E-state index contributed by atoms with van der Waals surface area (Å²) in [6, 6.07) is 26.7. The second-order valence-corrected chi connectivity index (χ2v) is 8.50. The van der Waals surface area contributed by atoms with Gasteiger partial charge in [0, 0.05) is 31.7 Å². The number of amides is 1. The number of nitrogens with zero attached hydrogens (tertiary/aromatic N) is 3. The number of ether oxygens (including phenoxy) is 1. The lowest BCUT2D eigenvalue weighted by Crippen LogP contribution is -2.47. The van der Waals surface area contributed by atoms with Crippen LogP contribution >= 0.6 is 0 Å². The van der Waals surface area contributed by atoms with Crippen molar-refractivity contribution in [3.8, 4) is 22.7 Å². The number of methoxy groups -OCH3 is 1. The van der Waals surface area contributed by atoms with Gasteiger partial charge in [0.2, 0.25) is 0 Å². The van der Waals surface area contributed by atoms with Crippen molar-refractivity contribution in [3.63, 3.8) is 0 Å². The molecule has 1 amide bonds. The van der Waals surface area contributed by atoms with Crippen LogP contribution in [0.2, 0.25) is 0 Å². The van der Waals surface area contributed by atoms with E-state index in [-0.39, 0.29) is 18.1 Å². The van der Waals surface area contributed by atoms with Crippen LogP contribution in [0.15, 0.2) is 89.7 Å². The van der Waals surface area contributed by atoms with E-state index in [2.05, 4.69) is 5.32 Å². The molecule has 1 aromatic heterocycles. The maximum Gasteiger partial charge on any atom is 0.334 e. The zero-order valence-corrected chi connectivity index (χ0v) is 19.7. The van der Waals surface area contributed by atoms with Gasteiger partial charge in [-0.2, -0.15) is 0 Å². The minimum absolute atomic E-state index is 0.139. The van der Waals surface area contributed by atoms with E-state index in [1.54, 1.807) is 16.2 Å². The Hall–Kier alpha value is -4.10. The summed E-state index contributed by atoms with van der Waals surface area (Å²) in [6.45, 7) is 2.90. The van der Waals surface area contributed by atoms with Crippen molar-refractivity contribution < 1.29 is 9.53 Å². The summed E-state index contributed by atoms with van der Waals surface area (Å²) < 4.78 is 8.65. The third-order valence-corrected chi connectivity index (χ3v) is 6.28. The molecule has 178 valence electrons. The fourth-order valence-corrected chi connectivity index (χ4v) is 4.56. The van der Waals surface area contributed by atoms with E-state index in [0.29, 0.717) is 30.2 Å². The van der Waals surface area contributed by atoms with Crippen molar-refractivity contribution in [1.82, 2.24) is 19.4 Å². The Balaban J connectivity index is 1.77. The predicted molar refractivity (Wildman–Crippen MR) is 136 cm³/mol. The molecular weight excluding hydrogens is 440 g/mol. The fourth-order valence-electron chi connectivity index (χ4n) is 4.56. The molecule has 0 radical (unpaired) electrons. The van der Waals surface area contributed by atoms with Crippen molar-refractivity contribution in [2.24, 2.45) is 0 Å². The Labute approximate surface area is 204 Å². The fraction of sp³-hybridized carbons (Fsp3) is 0.214. The van der Waals surface area contributed by atoms with Crippen molar-refractivity contribution >= 4 is 5.91 Å². The van der Waals surface area contributed by atoms with E-state index in [1.807, 2.05) is 89.8 Å². The normalized spacial score (nSPS) is 13.6. The zero-order valence-electron chi connectivity index (χ0n) is 19.7. The molecule has 0 unspecified atom stereocenters. The van der Waals surface area contributed by atoms with Gasteiger partial charge in [-0.3, -0.25) is 13.9 Å². The molecule has 1 N–H and O–H groups in total. The Kier molecular flexibility index (Phi) is 6.50. The lowest BCUT2D eigenvalue weighted by molar-refractivity contribution is 0.0726. The predicted octanol–water partition coefficient (Wildman–Crippen LogP) is 3.41. The van der Waals surface area contributed by atoms with Gasteiger partial charge < -0.3 is 15.0 Å². The first-order valence-electron chi connectivity index (χ1n) is 11.8. The van der Waals surface area contributed by atoms with E-state index >= 15 is 0 Å². The molecule has 7 nitrogen and oxygen atoms in total. The van der Waals surface area contributed by atoms with Crippen LogP contribution in [0.25, 0.3) is 16.9 Å². The highest BCUT2D eigenvalue weighted by atomic mass is 16.5. The number of imidazole rings is 1. The SMILES string of the molecule is COc1cccc(Cn2c(C(=O)N3CCNCC3)c(-c3ccccc3)n(-c3ccccc3)c2=O)c1. The number of benzene rings is 3. The van der Waals surface area contributed by atoms with Crippen LogP contribution in [-0.4, -0.2) is 53.2 Å². The number of rotatable bonds is 6. The Morgan fingerprint density at radius 3 is 2.29 bits per heavy atom. The molecule has 0 saturated carbocycles. The second-order valence-electron chi connectivity index (χ2n) is 8.50. The average molecular weight is 469 g/mol. The van der Waals surface area contributed by atoms with Gasteiger partial charge in [-0.1, -0.05) is 60.7 Å². The smallest absolute Gasteiger partial charge is 0.334 e. The summed E-state index contributed by atoms with van der Waals surface area (Å²) in [5.74, 6) is 0.566. The minimum Gasteiger partial charge on any atom is -0.497 e. The molecule has 3 aromatic carbocycles. The van der Waals surface area contributed by atoms with Gasteiger partial charge in [0.05, 0.1) is 25.0 Å².